The number of nitrogens with zero attached hydrogens (tertiary/aromatic N) is 4. The molecule has 0 saturated heterocycles. The van der Waals surface area contributed by atoms with E-state index >= 15 is 0 Å². The number of carbonyl (C=O) groups excluding carboxylic acids is 1. The number of nitro groups is 1. The molecule has 0 aliphatic rings. The minimum atomic E-state index is -0.647. The van der Waals surface area contributed by atoms with Gasteiger partial charge in [-0.15, -0.1) is 5.10 Å². The van der Waals surface area contributed by atoms with Gasteiger partial charge in [-0.25, -0.2) is 0 Å². The van der Waals surface area contributed by atoms with Crippen molar-refractivity contribution < 1.29 is 19.2 Å². The van der Waals surface area contributed by atoms with Gasteiger partial charge in [-0.2, -0.15) is 9.67 Å². The van der Waals surface area contributed by atoms with E-state index in [-0.39, 0.29) is 22.2 Å². The van der Waals surface area contributed by atoms with Crippen molar-refractivity contribution in [2.45, 2.75) is 6.54 Å². The first-order valence-electron chi connectivity index (χ1n) is 10.4. The van der Waals surface area contributed by atoms with Gasteiger partial charge in [0, 0.05) is 23.7 Å². The molecule has 1 heterocycles. The zero-order chi connectivity index (χ0) is 24.9. The SMILES string of the molecule is COc1ccc(CNc2nc(-c3ccc(OC)cc3)nn2C(=O)c2ccc(Cl)c([N+](=O)[O-])c2)cc1. The van der Waals surface area contributed by atoms with Crippen LogP contribution in [0, 0.1) is 10.1 Å². The molecular formula is C24H20ClN5O5. The molecule has 4 rings (SSSR count). The molecule has 178 valence electrons. The molecule has 1 N–H and O–H groups in total. The Morgan fingerprint density at radius 3 is 2.26 bits per heavy atom. The highest BCUT2D eigenvalue weighted by molar-refractivity contribution is 6.32. The molecule has 3 aromatic carbocycles. The van der Waals surface area contributed by atoms with Gasteiger partial charge in [0.25, 0.3) is 11.6 Å². The van der Waals surface area contributed by atoms with Crippen LogP contribution < -0.4 is 14.8 Å². The number of hydrogen-bond donors (Lipinski definition) is 1. The molecule has 0 spiro atoms. The Morgan fingerprint density at radius 1 is 1.03 bits per heavy atom. The van der Waals surface area contributed by atoms with Crippen molar-refractivity contribution in [2.75, 3.05) is 19.5 Å². The molecule has 1 aromatic heterocycles. The van der Waals surface area contributed by atoms with E-state index in [1.165, 1.54) is 12.1 Å². The van der Waals surface area contributed by atoms with Gasteiger partial charge in [0.15, 0.2) is 5.82 Å². The minimum Gasteiger partial charge on any atom is -0.497 e. The largest absolute Gasteiger partial charge is 0.497 e. The molecule has 4 aromatic rings. The smallest absolute Gasteiger partial charge is 0.288 e. The highest BCUT2D eigenvalue weighted by Gasteiger charge is 2.22. The molecule has 11 heteroatoms. The highest BCUT2D eigenvalue weighted by atomic mass is 35.5. The Labute approximate surface area is 205 Å². The molecule has 0 atom stereocenters. The topological polar surface area (TPSA) is 121 Å². The van der Waals surface area contributed by atoms with Crippen LogP contribution in [0.5, 0.6) is 11.5 Å². The lowest BCUT2D eigenvalue weighted by Gasteiger charge is -2.08. The summed E-state index contributed by atoms with van der Waals surface area (Å²) in [5.41, 5.74) is 1.24. The van der Waals surface area contributed by atoms with Crippen molar-refractivity contribution in [2.24, 2.45) is 0 Å². The molecule has 0 amide bonds. The Morgan fingerprint density at radius 2 is 1.66 bits per heavy atom. The van der Waals surface area contributed by atoms with Crippen LogP contribution in [0.1, 0.15) is 15.9 Å². The average Bonchev–Trinajstić information content (AvgIpc) is 3.31. The molecule has 10 nitrogen and oxygen atoms in total. The second-order valence-electron chi connectivity index (χ2n) is 7.33. The maximum Gasteiger partial charge on any atom is 0.288 e. The van der Waals surface area contributed by atoms with E-state index in [4.69, 9.17) is 21.1 Å². The third-order valence-electron chi connectivity index (χ3n) is 5.15. The summed E-state index contributed by atoms with van der Waals surface area (Å²) < 4.78 is 11.4. The molecule has 0 unspecified atom stereocenters. The number of nitro benzene ring substituents is 1. The van der Waals surface area contributed by atoms with Gasteiger partial charge >= 0.3 is 0 Å². The van der Waals surface area contributed by atoms with Crippen LogP contribution in [-0.4, -0.2) is 39.8 Å². The number of rotatable bonds is 8. The number of benzene rings is 3. The molecular weight excluding hydrogens is 474 g/mol. The summed E-state index contributed by atoms with van der Waals surface area (Å²) >= 11 is 5.90. The van der Waals surface area contributed by atoms with E-state index < -0.39 is 10.8 Å². The van der Waals surface area contributed by atoms with Crippen molar-refractivity contribution >= 4 is 29.1 Å². The Bertz CT molecular complexity index is 1370. The van der Waals surface area contributed by atoms with Crippen LogP contribution in [0.25, 0.3) is 11.4 Å². The van der Waals surface area contributed by atoms with E-state index in [9.17, 15) is 14.9 Å². The van der Waals surface area contributed by atoms with Gasteiger partial charge in [0.1, 0.15) is 16.5 Å². The number of ether oxygens (including phenoxy) is 2. The van der Waals surface area contributed by atoms with Crippen LogP contribution in [0.2, 0.25) is 5.02 Å². The summed E-state index contributed by atoms with van der Waals surface area (Å²) in [7, 11) is 3.15. The second-order valence-corrected chi connectivity index (χ2v) is 7.74. The lowest BCUT2D eigenvalue weighted by atomic mass is 10.2. The number of carbonyl (C=O) groups is 1. The zero-order valence-corrected chi connectivity index (χ0v) is 19.5. The van der Waals surface area contributed by atoms with E-state index in [0.29, 0.717) is 23.7 Å². The highest BCUT2D eigenvalue weighted by Crippen LogP contribution is 2.27. The third kappa shape index (κ3) is 5.22. The Kier molecular flexibility index (Phi) is 6.93. The molecule has 0 aliphatic heterocycles. The fourth-order valence-electron chi connectivity index (χ4n) is 3.26. The van der Waals surface area contributed by atoms with Gasteiger partial charge in [-0.05, 0) is 54.1 Å². The first kappa shape index (κ1) is 23.7. The second kappa shape index (κ2) is 10.2. The number of anilines is 1. The lowest BCUT2D eigenvalue weighted by molar-refractivity contribution is -0.384. The van der Waals surface area contributed by atoms with Crippen molar-refractivity contribution in [1.29, 1.82) is 0 Å². The van der Waals surface area contributed by atoms with E-state index in [1.54, 1.807) is 38.5 Å². The third-order valence-corrected chi connectivity index (χ3v) is 5.47. The number of aromatic nitrogens is 3. The van der Waals surface area contributed by atoms with Crippen LogP contribution in [-0.2, 0) is 6.54 Å². The van der Waals surface area contributed by atoms with Crippen LogP contribution in [0.3, 0.4) is 0 Å². The quantitative estimate of drug-likeness (QED) is 0.274. The average molecular weight is 494 g/mol. The van der Waals surface area contributed by atoms with Crippen molar-refractivity contribution in [3.05, 3.63) is 93.0 Å². The van der Waals surface area contributed by atoms with Crippen LogP contribution >= 0.6 is 11.6 Å². The molecule has 0 radical (unpaired) electrons. The van der Waals surface area contributed by atoms with Gasteiger partial charge < -0.3 is 14.8 Å². The number of nitrogens with one attached hydrogen (secondary N) is 1. The fourth-order valence-corrected chi connectivity index (χ4v) is 3.45. The Hall–Kier alpha value is -4.44. The predicted octanol–water partition coefficient (Wildman–Crippen LogP) is 4.82. The lowest BCUT2D eigenvalue weighted by Crippen LogP contribution is -2.17. The fraction of sp³-hybridized carbons (Fsp3) is 0.125. The monoisotopic (exact) mass is 493 g/mol. The molecule has 0 aliphatic carbocycles. The summed E-state index contributed by atoms with van der Waals surface area (Å²) in [5, 5.41) is 18.7. The number of methoxy groups -OCH3 is 2. The predicted molar refractivity (Wildman–Crippen MR) is 130 cm³/mol. The maximum absolute atomic E-state index is 13.3. The minimum absolute atomic E-state index is 0.0415. The molecule has 0 saturated carbocycles. The Balaban J connectivity index is 1.70. The summed E-state index contributed by atoms with van der Waals surface area (Å²) in [6, 6.07) is 18.3. The number of hydrogen-bond acceptors (Lipinski definition) is 8. The van der Waals surface area contributed by atoms with E-state index in [2.05, 4.69) is 15.4 Å². The van der Waals surface area contributed by atoms with Gasteiger partial charge in [0.05, 0.1) is 19.1 Å². The van der Waals surface area contributed by atoms with Gasteiger partial charge in [-0.3, -0.25) is 14.9 Å². The van der Waals surface area contributed by atoms with Crippen molar-refractivity contribution in [3.63, 3.8) is 0 Å². The van der Waals surface area contributed by atoms with Crippen molar-refractivity contribution in [1.82, 2.24) is 14.8 Å². The van der Waals surface area contributed by atoms with Crippen LogP contribution in [0.15, 0.2) is 66.7 Å². The zero-order valence-electron chi connectivity index (χ0n) is 18.8. The summed E-state index contributed by atoms with van der Waals surface area (Å²) in [4.78, 5) is 28.5. The molecule has 0 bridgehead atoms. The first-order valence-corrected chi connectivity index (χ1v) is 10.7. The van der Waals surface area contributed by atoms with Gasteiger partial charge in [0.2, 0.25) is 5.95 Å². The molecule has 35 heavy (non-hydrogen) atoms. The first-order chi connectivity index (χ1) is 16.9. The van der Waals surface area contributed by atoms with Crippen LogP contribution in [0.4, 0.5) is 11.6 Å². The summed E-state index contributed by atoms with van der Waals surface area (Å²) in [6.07, 6.45) is 0. The normalized spacial score (nSPS) is 10.6. The molecule has 0 fully saturated rings. The summed E-state index contributed by atoms with van der Waals surface area (Å²) in [5.74, 6) is 1.25. The van der Waals surface area contributed by atoms with Crippen molar-refractivity contribution in [3.8, 4) is 22.9 Å². The van der Waals surface area contributed by atoms with E-state index in [1.807, 2.05) is 24.3 Å². The van der Waals surface area contributed by atoms with Gasteiger partial charge in [-0.1, -0.05) is 23.7 Å². The standard InChI is InChI=1S/C24H20ClN5O5/c1-34-18-8-3-15(4-9-18)14-26-24-27-22(16-5-10-19(35-2)11-6-16)28-29(24)23(31)17-7-12-20(25)21(13-17)30(32)33/h3-13H,14H2,1-2H3,(H,26,27,28). The summed E-state index contributed by atoms with van der Waals surface area (Å²) in [6.45, 7) is 0.346. The number of halogens is 1. The maximum atomic E-state index is 13.3. The van der Waals surface area contributed by atoms with E-state index in [0.717, 1.165) is 22.1 Å².